The zero-order valence-corrected chi connectivity index (χ0v) is 6.13. The maximum atomic E-state index is 8.66. The van der Waals surface area contributed by atoms with Gasteiger partial charge < -0.3 is 10.3 Å². The van der Waals surface area contributed by atoms with E-state index in [1.165, 1.54) is 0 Å². The third-order valence-electron chi connectivity index (χ3n) is 0.951. The maximum absolute atomic E-state index is 8.66. The first-order valence-electron chi connectivity index (χ1n) is 2.63. The van der Waals surface area contributed by atoms with Crippen LogP contribution in [0.3, 0.4) is 0 Å². The molecule has 54 valence electrons. The number of aliphatic hydroxyl groups is 1. The molecule has 0 fully saturated rings. The lowest BCUT2D eigenvalue weighted by Crippen LogP contribution is -2.19. The lowest BCUT2D eigenvalue weighted by Gasteiger charge is -2.07. The van der Waals surface area contributed by atoms with Gasteiger partial charge in [-0.3, -0.25) is 0 Å². The lowest BCUT2D eigenvalue weighted by atomic mass is 10.1. The predicted octanol–water partition coefficient (Wildman–Crippen LogP) is 1.03. The van der Waals surface area contributed by atoms with Crippen LogP contribution in [0.5, 0.6) is 0 Å². The van der Waals surface area contributed by atoms with Gasteiger partial charge in [0.25, 0.3) is 0 Å². The maximum Gasteiger partial charge on any atom is 0.170 e. The molecule has 3 nitrogen and oxygen atoms in total. The van der Waals surface area contributed by atoms with Crippen LogP contribution < -0.4 is 0 Å². The zero-order chi connectivity index (χ0) is 7.44. The number of hydrogen-bond acceptors (Lipinski definition) is 3. The topological polar surface area (TPSA) is 52.8 Å². The third kappa shape index (κ3) is 2.67. The van der Waals surface area contributed by atoms with E-state index >= 15 is 0 Å². The molecule has 0 spiro atoms. The second-order valence-electron chi connectivity index (χ2n) is 2.02. The van der Waals surface area contributed by atoms with E-state index in [0.29, 0.717) is 0 Å². The zero-order valence-electron chi connectivity index (χ0n) is 5.37. The van der Waals surface area contributed by atoms with Crippen molar-refractivity contribution in [3.63, 3.8) is 0 Å². The molecule has 2 N–H and O–H groups in total. The van der Waals surface area contributed by atoms with Crippen LogP contribution >= 0.6 is 11.6 Å². The number of alkyl halides is 1. The molecule has 9 heavy (non-hydrogen) atoms. The molecule has 0 aliphatic carbocycles. The highest BCUT2D eigenvalue weighted by Crippen LogP contribution is 2.04. The van der Waals surface area contributed by atoms with E-state index in [0.717, 1.165) is 0 Å². The first-order chi connectivity index (χ1) is 4.09. The third-order valence-corrected chi connectivity index (χ3v) is 1.17. The molecule has 0 bridgehead atoms. The Kier molecular flexibility index (Phi) is 3.58. The Bertz CT molecular complexity index is 102. The van der Waals surface area contributed by atoms with Gasteiger partial charge in [-0.2, -0.15) is 0 Å². The normalized spacial score (nSPS) is 16.3. The Labute approximate surface area is 58.9 Å². The van der Waals surface area contributed by atoms with E-state index in [4.69, 9.17) is 21.9 Å². The van der Waals surface area contributed by atoms with E-state index in [1.807, 2.05) is 0 Å². The van der Waals surface area contributed by atoms with Gasteiger partial charge in [0, 0.05) is 0 Å². The van der Waals surface area contributed by atoms with Crippen LogP contribution in [0.25, 0.3) is 0 Å². The highest BCUT2D eigenvalue weighted by Gasteiger charge is 2.12. The molecule has 0 saturated carbocycles. The molecular formula is C5H10ClNO2. The lowest BCUT2D eigenvalue weighted by molar-refractivity contribution is 0.281. The van der Waals surface area contributed by atoms with Gasteiger partial charge in [-0.1, -0.05) is 30.6 Å². The van der Waals surface area contributed by atoms with Crippen LogP contribution in [0.1, 0.15) is 13.8 Å². The molecule has 0 aliphatic heterocycles. The second kappa shape index (κ2) is 3.69. The van der Waals surface area contributed by atoms with Gasteiger partial charge in [-0.15, -0.1) is 0 Å². The van der Waals surface area contributed by atoms with Crippen molar-refractivity contribution in [3.8, 4) is 0 Å². The first kappa shape index (κ1) is 8.72. The van der Waals surface area contributed by atoms with Crippen LogP contribution in [0, 0.1) is 5.92 Å². The molecule has 0 radical (unpaired) electrons. The van der Waals surface area contributed by atoms with Crippen LogP contribution in [-0.2, 0) is 0 Å². The van der Waals surface area contributed by atoms with E-state index in [-0.39, 0.29) is 11.6 Å². The number of halogens is 1. The van der Waals surface area contributed by atoms with Crippen molar-refractivity contribution in [1.29, 1.82) is 0 Å². The first-order valence-corrected chi connectivity index (χ1v) is 3.07. The van der Waals surface area contributed by atoms with Gasteiger partial charge in [0.15, 0.2) is 5.56 Å². The quantitative estimate of drug-likeness (QED) is 0.268. The smallest absolute Gasteiger partial charge is 0.170 e. The van der Waals surface area contributed by atoms with Gasteiger partial charge in [-0.05, 0) is 5.92 Å². The molecule has 0 heterocycles. The van der Waals surface area contributed by atoms with Crippen molar-refractivity contribution in [1.82, 2.24) is 0 Å². The summed E-state index contributed by atoms with van der Waals surface area (Å²) in [6.45, 7) is 3.56. The standard InChI is InChI=1S/C5H10ClNO2/c1-3(2)4(7-9)5(6)8/h3,5,8-9H,1-2H3. The van der Waals surface area contributed by atoms with Crippen molar-refractivity contribution >= 4 is 17.3 Å². The van der Waals surface area contributed by atoms with Crippen molar-refractivity contribution in [2.45, 2.75) is 19.4 Å². The van der Waals surface area contributed by atoms with Crippen molar-refractivity contribution in [2.75, 3.05) is 0 Å². The minimum Gasteiger partial charge on any atom is -0.411 e. The number of oxime groups is 1. The second-order valence-corrected chi connectivity index (χ2v) is 2.43. The summed E-state index contributed by atoms with van der Waals surface area (Å²) in [6, 6.07) is 0. The summed E-state index contributed by atoms with van der Waals surface area (Å²) in [4.78, 5) is 0. The molecule has 4 heteroatoms. The molecular weight excluding hydrogens is 142 g/mol. The summed E-state index contributed by atoms with van der Waals surface area (Å²) in [7, 11) is 0. The van der Waals surface area contributed by atoms with Crippen molar-refractivity contribution < 1.29 is 10.3 Å². The summed E-state index contributed by atoms with van der Waals surface area (Å²) in [5.74, 6) is -0.0255. The monoisotopic (exact) mass is 151 g/mol. The largest absolute Gasteiger partial charge is 0.411 e. The van der Waals surface area contributed by atoms with E-state index in [2.05, 4.69) is 5.16 Å². The highest BCUT2D eigenvalue weighted by atomic mass is 35.5. The van der Waals surface area contributed by atoms with Gasteiger partial charge in [0.2, 0.25) is 0 Å². The number of rotatable bonds is 2. The molecule has 0 aromatic carbocycles. The Morgan fingerprint density at radius 1 is 1.56 bits per heavy atom. The van der Waals surface area contributed by atoms with Crippen molar-refractivity contribution in [3.05, 3.63) is 0 Å². The average Bonchev–Trinajstić information content (AvgIpc) is 1.64. The highest BCUT2D eigenvalue weighted by molar-refractivity contribution is 6.30. The minimum atomic E-state index is -1.17. The Balaban J connectivity index is 4.01. The molecule has 0 aromatic rings. The molecule has 0 aliphatic rings. The summed E-state index contributed by atoms with van der Waals surface area (Å²) in [6.07, 6.45) is 0. The van der Waals surface area contributed by atoms with Gasteiger partial charge in [0.05, 0.1) is 0 Å². The Hall–Kier alpha value is -0.280. The minimum absolute atomic E-state index is 0.0255. The van der Waals surface area contributed by atoms with Crippen molar-refractivity contribution in [2.24, 2.45) is 11.1 Å². The van der Waals surface area contributed by atoms with Gasteiger partial charge in [0.1, 0.15) is 5.71 Å². The van der Waals surface area contributed by atoms with Crippen LogP contribution in [-0.4, -0.2) is 21.6 Å². The fourth-order valence-corrected chi connectivity index (χ4v) is 0.734. The SMILES string of the molecule is CC(C)C(=NO)C(O)Cl. The van der Waals surface area contributed by atoms with Gasteiger partial charge in [-0.25, -0.2) is 0 Å². The average molecular weight is 152 g/mol. The molecule has 0 amide bonds. The fourth-order valence-electron chi connectivity index (χ4n) is 0.438. The number of aliphatic hydroxyl groups excluding tert-OH is 1. The van der Waals surface area contributed by atoms with Gasteiger partial charge >= 0.3 is 0 Å². The van der Waals surface area contributed by atoms with E-state index in [9.17, 15) is 0 Å². The van der Waals surface area contributed by atoms with Crippen LogP contribution in [0.4, 0.5) is 0 Å². The molecule has 1 unspecified atom stereocenters. The molecule has 1 atom stereocenters. The van der Waals surface area contributed by atoms with Crippen LogP contribution in [0.2, 0.25) is 0 Å². The van der Waals surface area contributed by atoms with E-state index < -0.39 is 5.56 Å². The fraction of sp³-hybridized carbons (Fsp3) is 0.800. The number of hydrogen-bond donors (Lipinski definition) is 2. The van der Waals surface area contributed by atoms with Crippen LogP contribution in [0.15, 0.2) is 5.16 Å². The summed E-state index contributed by atoms with van der Waals surface area (Å²) in [5, 5.41) is 19.7. The summed E-state index contributed by atoms with van der Waals surface area (Å²) < 4.78 is 0. The summed E-state index contributed by atoms with van der Waals surface area (Å²) in [5.41, 5.74) is -0.980. The Morgan fingerprint density at radius 2 is 2.00 bits per heavy atom. The summed E-state index contributed by atoms with van der Waals surface area (Å²) >= 11 is 5.20. The number of nitrogens with zero attached hydrogens (tertiary/aromatic N) is 1. The Morgan fingerprint density at radius 3 is 2.00 bits per heavy atom. The molecule has 0 saturated heterocycles. The van der Waals surface area contributed by atoms with E-state index in [1.54, 1.807) is 13.8 Å². The molecule has 0 rings (SSSR count). The molecule has 0 aromatic heterocycles. The predicted molar refractivity (Wildman–Crippen MR) is 35.9 cm³/mol.